The zero-order valence-corrected chi connectivity index (χ0v) is 25.8. The lowest BCUT2D eigenvalue weighted by Crippen LogP contribution is -3.00. The second-order valence-corrected chi connectivity index (χ2v) is 10.8. The fourth-order valence-corrected chi connectivity index (χ4v) is 5.93. The molecule has 1 N–H and O–H groups in total. The van der Waals surface area contributed by atoms with Gasteiger partial charge in [-0.3, -0.25) is 4.79 Å². The largest absolute Gasteiger partial charge is 1.00 e. The summed E-state index contributed by atoms with van der Waals surface area (Å²) in [6, 6.07) is 44.1. The first kappa shape index (κ1) is 29.2. The molecule has 4 nitrogen and oxygen atoms in total. The monoisotopic (exact) mass is 680 g/mol. The number of fused-ring (bicyclic) bond motifs is 1. The number of rotatable bonds is 9. The van der Waals surface area contributed by atoms with Gasteiger partial charge >= 0.3 is 5.97 Å². The van der Waals surface area contributed by atoms with E-state index >= 15 is 0 Å². The molecule has 0 unspecified atom stereocenters. The highest BCUT2D eigenvalue weighted by atomic mass is 127. The maximum Gasteiger partial charge on any atom is 0.309 e. The average molecular weight is 681 g/mol. The molecule has 0 spiro atoms. The van der Waals surface area contributed by atoms with Crippen LogP contribution in [0.3, 0.4) is 0 Å². The van der Waals surface area contributed by atoms with E-state index in [1.54, 1.807) is 11.3 Å². The molecule has 0 saturated heterocycles. The molecule has 0 aliphatic heterocycles. The quantitative estimate of drug-likeness (QED) is 0.151. The van der Waals surface area contributed by atoms with Gasteiger partial charge in [0, 0.05) is 38.9 Å². The van der Waals surface area contributed by atoms with Crippen molar-refractivity contribution in [2.45, 2.75) is 13.0 Å². The highest BCUT2D eigenvalue weighted by Crippen LogP contribution is 2.36. The van der Waals surface area contributed by atoms with E-state index in [0.717, 1.165) is 33.5 Å². The van der Waals surface area contributed by atoms with Crippen LogP contribution in [0.1, 0.15) is 16.9 Å². The Hall–Kier alpha value is -4.27. The Morgan fingerprint density at radius 1 is 0.714 bits per heavy atom. The second kappa shape index (κ2) is 13.6. The van der Waals surface area contributed by atoms with Gasteiger partial charge in [-0.1, -0.05) is 66.7 Å². The van der Waals surface area contributed by atoms with Crippen LogP contribution in [0.4, 0.5) is 17.1 Å². The molecule has 6 heteroatoms. The molecule has 208 valence electrons. The average Bonchev–Trinajstić information content (AvgIpc) is 3.50. The molecule has 6 rings (SSSR count). The summed E-state index contributed by atoms with van der Waals surface area (Å²) in [6.07, 6.45) is 6.36. The Morgan fingerprint density at radius 3 is 2.00 bits per heavy atom. The lowest BCUT2D eigenvalue weighted by Gasteiger charge is -2.25. The van der Waals surface area contributed by atoms with Crippen LogP contribution in [0.5, 0.6) is 0 Å². The third kappa shape index (κ3) is 6.61. The van der Waals surface area contributed by atoms with Crippen LogP contribution in [-0.2, 0) is 11.3 Å². The van der Waals surface area contributed by atoms with Crippen molar-refractivity contribution in [1.29, 1.82) is 0 Å². The zero-order chi connectivity index (χ0) is 28.0. The minimum absolute atomic E-state index is 0. The van der Waals surface area contributed by atoms with E-state index in [0.29, 0.717) is 6.54 Å². The molecule has 6 aromatic rings. The molecular formula is C36H29IN2O2S. The van der Waals surface area contributed by atoms with E-state index in [1.165, 1.54) is 15.3 Å². The van der Waals surface area contributed by atoms with E-state index in [4.69, 9.17) is 5.11 Å². The van der Waals surface area contributed by atoms with Crippen LogP contribution < -0.4 is 33.4 Å². The van der Waals surface area contributed by atoms with Crippen LogP contribution in [0.15, 0.2) is 134 Å². The lowest BCUT2D eigenvalue weighted by molar-refractivity contribution is -0.670. The number of pyridine rings is 1. The lowest BCUT2D eigenvalue weighted by atomic mass is 10.1. The predicted octanol–water partition coefficient (Wildman–Crippen LogP) is 5.97. The van der Waals surface area contributed by atoms with E-state index in [9.17, 15) is 4.79 Å². The van der Waals surface area contributed by atoms with Gasteiger partial charge in [0.15, 0.2) is 12.7 Å². The Labute approximate surface area is 266 Å². The zero-order valence-electron chi connectivity index (χ0n) is 22.8. The van der Waals surface area contributed by atoms with Crippen LogP contribution in [0.25, 0.3) is 33.5 Å². The number of thiophene rings is 1. The minimum Gasteiger partial charge on any atom is -1.00 e. The Kier molecular flexibility index (Phi) is 9.46. The Balaban J connectivity index is 0.00000353. The molecular weight excluding hydrogens is 651 g/mol. The molecule has 0 fully saturated rings. The highest BCUT2D eigenvalue weighted by Gasteiger charge is 2.14. The first-order valence-corrected chi connectivity index (χ1v) is 14.4. The third-order valence-corrected chi connectivity index (χ3v) is 8.12. The number of halogens is 1. The van der Waals surface area contributed by atoms with E-state index in [-0.39, 0.29) is 30.4 Å². The second-order valence-electron chi connectivity index (χ2n) is 9.71. The molecule has 0 atom stereocenters. The van der Waals surface area contributed by atoms with Gasteiger partial charge in [-0.2, -0.15) is 4.57 Å². The number of nitrogens with zero attached hydrogens (tertiary/aromatic N) is 2. The fraction of sp³-hybridized carbons (Fsp3) is 0.0556. The van der Waals surface area contributed by atoms with Gasteiger partial charge in [-0.25, -0.2) is 0 Å². The first-order chi connectivity index (χ1) is 20.2. The Bertz CT molecular complexity index is 1780. The van der Waals surface area contributed by atoms with Crippen molar-refractivity contribution >= 4 is 57.4 Å². The van der Waals surface area contributed by atoms with Crippen molar-refractivity contribution in [2.24, 2.45) is 0 Å². The molecule has 0 aliphatic carbocycles. The van der Waals surface area contributed by atoms with E-state index < -0.39 is 5.97 Å². The van der Waals surface area contributed by atoms with Gasteiger partial charge in [0.25, 0.3) is 0 Å². The van der Waals surface area contributed by atoms with Gasteiger partial charge in [0.05, 0.1) is 5.39 Å². The van der Waals surface area contributed by atoms with E-state index in [2.05, 4.69) is 114 Å². The van der Waals surface area contributed by atoms with Gasteiger partial charge < -0.3 is 34.0 Å². The third-order valence-electron chi connectivity index (χ3n) is 7.02. The number of para-hydroxylation sites is 3. The number of carboxylic acids is 1. The van der Waals surface area contributed by atoms with Gasteiger partial charge in [-0.05, 0) is 71.8 Å². The molecule has 0 saturated carbocycles. The van der Waals surface area contributed by atoms with Crippen molar-refractivity contribution in [3.8, 4) is 10.4 Å². The van der Waals surface area contributed by atoms with Crippen molar-refractivity contribution in [3.63, 3.8) is 0 Å². The topological polar surface area (TPSA) is 44.4 Å². The van der Waals surface area contributed by atoms with Gasteiger partial charge in [0.1, 0.15) is 6.42 Å². The molecule has 0 amide bonds. The van der Waals surface area contributed by atoms with Crippen LogP contribution in [0, 0.1) is 0 Å². The molecule has 0 radical (unpaired) electrons. The minimum atomic E-state index is -0.793. The molecule has 0 aliphatic rings. The fourth-order valence-electron chi connectivity index (χ4n) is 5.01. The van der Waals surface area contributed by atoms with Crippen LogP contribution in [-0.4, -0.2) is 11.1 Å². The summed E-state index contributed by atoms with van der Waals surface area (Å²) >= 11 is 1.76. The maximum atomic E-state index is 11.1. The van der Waals surface area contributed by atoms with Crippen LogP contribution in [0.2, 0.25) is 0 Å². The van der Waals surface area contributed by atoms with Gasteiger partial charge in [-0.15, -0.1) is 11.3 Å². The summed E-state index contributed by atoms with van der Waals surface area (Å²) in [5.41, 5.74) is 6.67. The maximum absolute atomic E-state index is 11.1. The number of hydrogen-bond acceptors (Lipinski definition) is 3. The van der Waals surface area contributed by atoms with Crippen LogP contribution >= 0.6 is 11.3 Å². The number of hydrogen-bond donors (Lipinski definition) is 1. The summed E-state index contributed by atoms with van der Waals surface area (Å²) in [6.45, 7) is 0.446. The normalized spacial score (nSPS) is 11.0. The molecule has 4 aromatic carbocycles. The van der Waals surface area contributed by atoms with Gasteiger partial charge in [0.2, 0.25) is 5.52 Å². The number of benzene rings is 4. The molecule has 2 heterocycles. The molecule has 2 aromatic heterocycles. The number of aliphatic carboxylic acids is 1. The standard InChI is InChI=1S/C36H28N2O2S.HI/c39-36(40)24-26-37-25-23-27(33-13-7-8-14-34(33)37)17-20-32-21-22-35(41-32)28-15-18-31(19-16-28)38(29-9-3-1-4-10-29)30-11-5-2-6-12-30;/h1-23,25H,24,26H2;1H. The smallest absolute Gasteiger partial charge is 0.309 e. The number of carbonyl (C=O) groups is 1. The number of anilines is 3. The summed E-state index contributed by atoms with van der Waals surface area (Å²) in [5, 5.41) is 10.2. The van der Waals surface area contributed by atoms with Crippen molar-refractivity contribution in [2.75, 3.05) is 4.90 Å². The summed E-state index contributed by atoms with van der Waals surface area (Å²) in [5.74, 6) is -0.793. The summed E-state index contributed by atoms with van der Waals surface area (Å²) in [7, 11) is 0. The van der Waals surface area contributed by atoms with Crippen molar-refractivity contribution < 1.29 is 38.4 Å². The number of aryl methyl sites for hydroxylation is 1. The van der Waals surface area contributed by atoms with E-state index in [1.807, 2.05) is 41.1 Å². The number of aromatic nitrogens is 1. The van der Waals surface area contributed by atoms with Crippen molar-refractivity contribution in [1.82, 2.24) is 0 Å². The highest BCUT2D eigenvalue weighted by molar-refractivity contribution is 7.16. The Morgan fingerprint density at radius 2 is 1.33 bits per heavy atom. The SMILES string of the molecule is O=C(O)CC[n+]1ccc(/C=C/c2ccc(-c3ccc(N(c4ccccc4)c4ccccc4)cc3)s2)c2ccccc21.[I-]. The predicted molar refractivity (Wildman–Crippen MR) is 170 cm³/mol. The number of carboxylic acid groups (broad SMARTS) is 1. The van der Waals surface area contributed by atoms with Crippen molar-refractivity contribution in [3.05, 3.63) is 144 Å². The molecule has 42 heavy (non-hydrogen) atoms. The summed E-state index contributed by atoms with van der Waals surface area (Å²) in [4.78, 5) is 15.7. The molecule has 0 bridgehead atoms. The first-order valence-electron chi connectivity index (χ1n) is 13.6. The summed E-state index contributed by atoms with van der Waals surface area (Å²) < 4.78 is 2.00.